The monoisotopic (exact) mass is 156 g/mol. The molecule has 0 amide bonds. The van der Waals surface area contributed by atoms with Gasteiger partial charge in [-0.25, -0.2) is 0 Å². The Labute approximate surface area is 70.1 Å². The van der Waals surface area contributed by atoms with Gasteiger partial charge < -0.3 is 4.74 Å². The third-order valence-corrected chi connectivity index (χ3v) is 2.36. The Hall–Kier alpha value is -0.0400. The van der Waals surface area contributed by atoms with E-state index in [1.165, 1.54) is 19.3 Å². The van der Waals surface area contributed by atoms with Crippen molar-refractivity contribution in [3.8, 4) is 0 Å². The second-order valence-electron chi connectivity index (χ2n) is 4.25. The van der Waals surface area contributed by atoms with E-state index in [-0.39, 0.29) is 0 Å². The summed E-state index contributed by atoms with van der Waals surface area (Å²) in [5.74, 6) is 1.66. The number of hydrogen-bond acceptors (Lipinski definition) is 1. The maximum atomic E-state index is 5.66. The van der Waals surface area contributed by atoms with E-state index < -0.39 is 0 Å². The van der Waals surface area contributed by atoms with Gasteiger partial charge in [0.25, 0.3) is 0 Å². The SMILES string of the molecule is CC(C)C[C@H]1C[C@@H](C)CCO1. The minimum atomic E-state index is 0.554. The standard InChI is InChI=1S/C10H20O/c1-8(2)6-10-7-9(3)4-5-11-10/h8-10H,4-7H2,1-3H3/t9-,10-/m0/s1. The van der Waals surface area contributed by atoms with Crippen LogP contribution in [0.25, 0.3) is 0 Å². The van der Waals surface area contributed by atoms with Crippen molar-refractivity contribution in [3.05, 3.63) is 0 Å². The highest BCUT2D eigenvalue weighted by Crippen LogP contribution is 2.23. The molecule has 0 aliphatic carbocycles. The molecule has 1 nitrogen and oxygen atoms in total. The zero-order valence-electron chi connectivity index (χ0n) is 7.97. The van der Waals surface area contributed by atoms with Crippen molar-refractivity contribution in [1.29, 1.82) is 0 Å². The van der Waals surface area contributed by atoms with Crippen LogP contribution in [-0.4, -0.2) is 12.7 Å². The molecular formula is C10H20O. The van der Waals surface area contributed by atoms with Gasteiger partial charge in [0.05, 0.1) is 6.10 Å². The lowest BCUT2D eigenvalue weighted by molar-refractivity contribution is -0.0155. The topological polar surface area (TPSA) is 9.23 Å². The van der Waals surface area contributed by atoms with Crippen LogP contribution in [0.1, 0.15) is 40.0 Å². The Morgan fingerprint density at radius 2 is 2.18 bits per heavy atom. The van der Waals surface area contributed by atoms with Gasteiger partial charge in [0, 0.05) is 6.61 Å². The van der Waals surface area contributed by atoms with Crippen LogP contribution in [0.5, 0.6) is 0 Å². The van der Waals surface area contributed by atoms with E-state index in [4.69, 9.17) is 4.74 Å². The molecule has 0 radical (unpaired) electrons. The van der Waals surface area contributed by atoms with Gasteiger partial charge in [-0.15, -0.1) is 0 Å². The average Bonchev–Trinajstić information content (AvgIpc) is 1.85. The van der Waals surface area contributed by atoms with E-state index in [9.17, 15) is 0 Å². The first-order chi connectivity index (χ1) is 5.18. The van der Waals surface area contributed by atoms with E-state index in [1.54, 1.807) is 0 Å². The van der Waals surface area contributed by atoms with Gasteiger partial charge in [0.15, 0.2) is 0 Å². The van der Waals surface area contributed by atoms with Crippen molar-refractivity contribution in [2.45, 2.75) is 46.1 Å². The summed E-state index contributed by atoms with van der Waals surface area (Å²) >= 11 is 0. The molecule has 0 spiro atoms. The molecule has 11 heavy (non-hydrogen) atoms. The molecule has 1 heterocycles. The van der Waals surface area contributed by atoms with Crippen molar-refractivity contribution < 1.29 is 4.74 Å². The highest BCUT2D eigenvalue weighted by atomic mass is 16.5. The molecule has 0 saturated carbocycles. The largest absolute Gasteiger partial charge is 0.378 e. The zero-order chi connectivity index (χ0) is 8.27. The lowest BCUT2D eigenvalue weighted by atomic mass is 9.93. The van der Waals surface area contributed by atoms with Crippen molar-refractivity contribution in [3.63, 3.8) is 0 Å². The van der Waals surface area contributed by atoms with Crippen LogP contribution < -0.4 is 0 Å². The van der Waals surface area contributed by atoms with Crippen LogP contribution in [0, 0.1) is 11.8 Å². The first kappa shape index (κ1) is 9.05. The first-order valence-electron chi connectivity index (χ1n) is 4.80. The highest BCUT2D eigenvalue weighted by molar-refractivity contribution is 4.69. The molecule has 0 aromatic heterocycles. The van der Waals surface area contributed by atoms with Gasteiger partial charge >= 0.3 is 0 Å². The summed E-state index contributed by atoms with van der Waals surface area (Å²) in [6, 6.07) is 0. The zero-order valence-corrected chi connectivity index (χ0v) is 7.97. The molecule has 1 heteroatoms. The Morgan fingerprint density at radius 1 is 1.45 bits per heavy atom. The minimum Gasteiger partial charge on any atom is -0.378 e. The van der Waals surface area contributed by atoms with Crippen LogP contribution in [-0.2, 0) is 4.74 Å². The van der Waals surface area contributed by atoms with Gasteiger partial charge in [-0.1, -0.05) is 20.8 Å². The van der Waals surface area contributed by atoms with E-state index >= 15 is 0 Å². The van der Waals surface area contributed by atoms with E-state index in [0.29, 0.717) is 6.10 Å². The van der Waals surface area contributed by atoms with Crippen LogP contribution in [0.4, 0.5) is 0 Å². The smallest absolute Gasteiger partial charge is 0.0580 e. The van der Waals surface area contributed by atoms with E-state index in [0.717, 1.165) is 18.4 Å². The summed E-state index contributed by atoms with van der Waals surface area (Å²) < 4.78 is 5.66. The molecular weight excluding hydrogens is 136 g/mol. The quantitative estimate of drug-likeness (QED) is 0.597. The van der Waals surface area contributed by atoms with Crippen molar-refractivity contribution in [1.82, 2.24) is 0 Å². The molecule has 1 aliphatic heterocycles. The van der Waals surface area contributed by atoms with Crippen LogP contribution in [0.3, 0.4) is 0 Å². The number of hydrogen-bond donors (Lipinski definition) is 0. The molecule has 1 fully saturated rings. The average molecular weight is 156 g/mol. The third-order valence-electron chi connectivity index (χ3n) is 2.36. The maximum Gasteiger partial charge on any atom is 0.0580 e. The van der Waals surface area contributed by atoms with Crippen molar-refractivity contribution in [2.24, 2.45) is 11.8 Å². The summed E-state index contributed by atoms with van der Waals surface area (Å²) in [6.45, 7) is 7.85. The van der Waals surface area contributed by atoms with E-state index in [2.05, 4.69) is 20.8 Å². The van der Waals surface area contributed by atoms with Crippen molar-refractivity contribution >= 4 is 0 Å². The fourth-order valence-electron chi connectivity index (χ4n) is 1.76. The maximum absolute atomic E-state index is 5.66. The fourth-order valence-corrected chi connectivity index (χ4v) is 1.76. The summed E-state index contributed by atoms with van der Waals surface area (Å²) in [5, 5.41) is 0. The molecule has 0 aromatic rings. The first-order valence-corrected chi connectivity index (χ1v) is 4.80. The molecule has 1 aliphatic rings. The highest BCUT2D eigenvalue weighted by Gasteiger charge is 2.19. The Bertz CT molecular complexity index is 107. The van der Waals surface area contributed by atoms with Gasteiger partial charge in [-0.2, -0.15) is 0 Å². The molecule has 0 unspecified atom stereocenters. The van der Waals surface area contributed by atoms with Gasteiger partial charge in [-0.05, 0) is 31.1 Å². The van der Waals surface area contributed by atoms with Crippen LogP contribution in [0.15, 0.2) is 0 Å². The normalized spacial score (nSPS) is 32.7. The molecule has 1 rings (SSSR count). The molecule has 0 bridgehead atoms. The predicted molar refractivity (Wildman–Crippen MR) is 47.6 cm³/mol. The summed E-state index contributed by atoms with van der Waals surface area (Å²) in [4.78, 5) is 0. The lowest BCUT2D eigenvalue weighted by Gasteiger charge is -2.28. The third kappa shape index (κ3) is 3.24. The molecule has 0 aromatic carbocycles. The van der Waals surface area contributed by atoms with E-state index in [1.807, 2.05) is 0 Å². The Morgan fingerprint density at radius 3 is 2.73 bits per heavy atom. The Balaban J connectivity index is 2.23. The number of ether oxygens (including phenoxy) is 1. The molecule has 66 valence electrons. The second-order valence-corrected chi connectivity index (χ2v) is 4.25. The minimum absolute atomic E-state index is 0.554. The number of rotatable bonds is 2. The lowest BCUT2D eigenvalue weighted by Crippen LogP contribution is -2.25. The predicted octanol–water partition coefficient (Wildman–Crippen LogP) is 2.85. The molecule has 1 saturated heterocycles. The summed E-state index contributed by atoms with van der Waals surface area (Å²) in [5.41, 5.74) is 0. The second kappa shape index (κ2) is 4.10. The van der Waals surface area contributed by atoms with Crippen LogP contribution in [0.2, 0.25) is 0 Å². The summed E-state index contributed by atoms with van der Waals surface area (Å²) in [7, 11) is 0. The van der Waals surface area contributed by atoms with Crippen molar-refractivity contribution in [2.75, 3.05) is 6.61 Å². The summed E-state index contributed by atoms with van der Waals surface area (Å²) in [6.07, 6.45) is 4.33. The van der Waals surface area contributed by atoms with Crippen LogP contribution >= 0.6 is 0 Å². The van der Waals surface area contributed by atoms with Gasteiger partial charge in [0.1, 0.15) is 0 Å². The Kier molecular flexibility index (Phi) is 3.38. The molecule has 0 N–H and O–H groups in total. The molecule has 2 atom stereocenters. The fraction of sp³-hybridized carbons (Fsp3) is 1.00. The van der Waals surface area contributed by atoms with Gasteiger partial charge in [0.2, 0.25) is 0 Å². The van der Waals surface area contributed by atoms with Gasteiger partial charge in [-0.3, -0.25) is 0 Å².